The minimum Gasteiger partial charge on any atom is -0.483 e. The lowest BCUT2D eigenvalue weighted by Crippen LogP contribution is -2.19. The van der Waals surface area contributed by atoms with Crippen molar-refractivity contribution in [3.63, 3.8) is 0 Å². The summed E-state index contributed by atoms with van der Waals surface area (Å²) in [5, 5.41) is 9.07. The van der Waals surface area contributed by atoms with Gasteiger partial charge >= 0.3 is 6.18 Å². The van der Waals surface area contributed by atoms with E-state index in [0.717, 1.165) is 0 Å². The lowest BCUT2D eigenvalue weighted by atomic mass is 10.2. The topological polar surface area (TPSA) is 42.4 Å². The minimum absolute atomic E-state index is 0.0617. The van der Waals surface area contributed by atoms with E-state index in [0.29, 0.717) is 12.1 Å². The molecular formula is C10H12F3NO2. The van der Waals surface area contributed by atoms with Crippen molar-refractivity contribution in [2.24, 2.45) is 0 Å². The van der Waals surface area contributed by atoms with Gasteiger partial charge in [0.25, 0.3) is 0 Å². The molecule has 1 unspecified atom stereocenters. The predicted molar refractivity (Wildman–Crippen MR) is 51.2 cm³/mol. The van der Waals surface area contributed by atoms with Crippen LogP contribution in [0.15, 0.2) is 18.3 Å². The highest BCUT2D eigenvalue weighted by Gasteiger charge is 2.28. The van der Waals surface area contributed by atoms with Crippen molar-refractivity contribution >= 4 is 0 Å². The van der Waals surface area contributed by atoms with Gasteiger partial charge in [-0.2, -0.15) is 13.2 Å². The molecule has 1 atom stereocenters. The molecule has 0 aliphatic rings. The highest BCUT2D eigenvalue weighted by molar-refractivity contribution is 5.20. The molecule has 0 aliphatic carbocycles. The number of ether oxygens (including phenoxy) is 1. The van der Waals surface area contributed by atoms with Crippen LogP contribution in [-0.2, 0) is 6.42 Å². The molecule has 0 amide bonds. The smallest absolute Gasteiger partial charge is 0.422 e. The number of alkyl halides is 3. The molecule has 1 aromatic heterocycles. The average molecular weight is 235 g/mol. The summed E-state index contributed by atoms with van der Waals surface area (Å²) in [5.74, 6) is 0.0617. The summed E-state index contributed by atoms with van der Waals surface area (Å²) in [4.78, 5) is 3.87. The molecule has 6 heteroatoms. The Morgan fingerprint density at radius 1 is 1.44 bits per heavy atom. The quantitative estimate of drug-likeness (QED) is 0.867. The van der Waals surface area contributed by atoms with Crippen molar-refractivity contribution in [3.05, 3.63) is 24.0 Å². The third kappa shape index (κ3) is 4.97. The number of nitrogens with zero attached hydrogens (tertiary/aromatic N) is 1. The van der Waals surface area contributed by atoms with Crippen LogP contribution in [0.2, 0.25) is 0 Å². The van der Waals surface area contributed by atoms with Crippen molar-refractivity contribution in [3.8, 4) is 5.75 Å². The number of hydrogen-bond acceptors (Lipinski definition) is 3. The molecule has 0 spiro atoms. The molecule has 3 nitrogen and oxygen atoms in total. The zero-order valence-electron chi connectivity index (χ0n) is 8.66. The summed E-state index contributed by atoms with van der Waals surface area (Å²) in [6.07, 6.45) is -3.31. The number of hydrogen-bond donors (Lipinski definition) is 1. The SMILES string of the molecule is CC(O)Cc1ccc(OCC(F)(F)F)cn1. The predicted octanol–water partition coefficient (Wildman–Crippen LogP) is 1.95. The van der Waals surface area contributed by atoms with E-state index in [1.165, 1.54) is 18.3 Å². The molecule has 90 valence electrons. The summed E-state index contributed by atoms with van der Waals surface area (Å²) in [5.41, 5.74) is 0.606. The van der Waals surface area contributed by atoms with Crippen molar-refractivity contribution in [1.29, 1.82) is 0 Å². The van der Waals surface area contributed by atoms with Crippen LogP contribution in [0.1, 0.15) is 12.6 Å². The highest BCUT2D eigenvalue weighted by Crippen LogP contribution is 2.17. The van der Waals surface area contributed by atoms with Crippen LogP contribution in [-0.4, -0.2) is 29.0 Å². The van der Waals surface area contributed by atoms with E-state index in [-0.39, 0.29) is 5.75 Å². The molecule has 1 N–H and O–H groups in total. The lowest BCUT2D eigenvalue weighted by molar-refractivity contribution is -0.153. The molecule has 0 aliphatic heterocycles. The van der Waals surface area contributed by atoms with Gasteiger partial charge in [0.05, 0.1) is 12.3 Å². The first-order valence-electron chi connectivity index (χ1n) is 4.69. The van der Waals surface area contributed by atoms with E-state index in [9.17, 15) is 13.2 Å². The van der Waals surface area contributed by atoms with E-state index < -0.39 is 18.9 Å². The van der Waals surface area contributed by atoms with Crippen LogP contribution < -0.4 is 4.74 Å². The Morgan fingerprint density at radius 2 is 2.12 bits per heavy atom. The molecule has 1 rings (SSSR count). The normalized spacial score (nSPS) is 13.6. The van der Waals surface area contributed by atoms with Crippen LogP contribution in [0.5, 0.6) is 5.75 Å². The second kappa shape index (κ2) is 5.16. The molecule has 0 saturated heterocycles. The van der Waals surface area contributed by atoms with E-state index in [1.54, 1.807) is 6.92 Å². The van der Waals surface area contributed by atoms with Gasteiger partial charge in [0.1, 0.15) is 5.75 Å². The van der Waals surface area contributed by atoms with Gasteiger partial charge in [-0.3, -0.25) is 4.98 Å². The van der Waals surface area contributed by atoms with Crippen LogP contribution in [0.4, 0.5) is 13.2 Å². The average Bonchev–Trinajstić information content (AvgIpc) is 2.14. The number of aliphatic hydroxyl groups is 1. The van der Waals surface area contributed by atoms with Crippen molar-refractivity contribution < 1.29 is 23.0 Å². The van der Waals surface area contributed by atoms with Gasteiger partial charge in [-0.05, 0) is 19.1 Å². The summed E-state index contributed by atoms with van der Waals surface area (Å²) in [6, 6.07) is 2.93. The third-order valence-corrected chi connectivity index (χ3v) is 1.70. The Morgan fingerprint density at radius 3 is 2.56 bits per heavy atom. The fourth-order valence-electron chi connectivity index (χ4n) is 1.08. The van der Waals surface area contributed by atoms with Gasteiger partial charge in [-0.25, -0.2) is 0 Å². The van der Waals surface area contributed by atoms with E-state index in [4.69, 9.17) is 5.11 Å². The zero-order chi connectivity index (χ0) is 12.2. The molecule has 0 aromatic carbocycles. The van der Waals surface area contributed by atoms with Crippen molar-refractivity contribution in [2.75, 3.05) is 6.61 Å². The molecule has 0 bridgehead atoms. The van der Waals surface area contributed by atoms with Crippen LogP contribution in [0.25, 0.3) is 0 Å². The Balaban J connectivity index is 2.51. The number of aromatic nitrogens is 1. The summed E-state index contributed by atoms with van der Waals surface area (Å²) in [6.45, 7) is 0.278. The fraction of sp³-hybridized carbons (Fsp3) is 0.500. The second-order valence-electron chi connectivity index (χ2n) is 3.44. The summed E-state index contributed by atoms with van der Waals surface area (Å²) >= 11 is 0. The van der Waals surface area contributed by atoms with E-state index in [1.807, 2.05) is 0 Å². The van der Waals surface area contributed by atoms with Crippen molar-refractivity contribution in [2.45, 2.75) is 25.6 Å². The Labute approximate surface area is 90.9 Å². The largest absolute Gasteiger partial charge is 0.483 e. The minimum atomic E-state index is -4.35. The molecule has 16 heavy (non-hydrogen) atoms. The molecule has 1 heterocycles. The Kier molecular flexibility index (Phi) is 4.12. The molecular weight excluding hydrogens is 223 g/mol. The van der Waals surface area contributed by atoms with Crippen LogP contribution in [0, 0.1) is 0 Å². The van der Waals surface area contributed by atoms with Crippen LogP contribution >= 0.6 is 0 Å². The molecule has 0 saturated carbocycles. The molecule has 0 radical (unpaired) electrons. The van der Waals surface area contributed by atoms with Gasteiger partial charge in [0, 0.05) is 12.1 Å². The van der Waals surface area contributed by atoms with Crippen LogP contribution in [0.3, 0.4) is 0 Å². The number of pyridine rings is 1. The first-order valence-corrected chi connectivity index (χ1v) is 4.69. The summed E-state index contributed by atoms with van der Waals surface area (Å²) in [7, 11) is 0. The maximum Gasteiger partial charge on any atom is 0.422 e. The number of halogens is 3. The Hall–Kier alpha value is -1.30. The molecule has 1 aromatic rings. The first kappa shape index (κ1) is 12.8. The van der Waals surface area contributed by atoms with E-state index >= 15 is 0 Å². The second-order valence-corrected chi connectivity index (χ2v) is 3.44. The van der Waals surface area contributed by atoms with Gasteiger partial charge in [-0.1, -0.05) is 0 Å². The van der Waals surface area contributed by atoms with Gasteiger partial charge in [0.15, 0.2) is 6.61 Å². The lowest BCUT2D eigenvalue weighted by Gasteiger charge is -2.09. The van der Waals surface area contributed by atoms with Gasteiger partial charge < -0.3 is 9.84 Å². The van der Waals surface area contributed by atoms with Crippen molar-refractivity contribution in [1.82, 2.24) is 4.98 Å². The molecule has 0 fully saturated rings. The summed E-state index contributed by atoms with van der Waals surface area (Å²) < 4.78 is 39.9. The highest BCUT2D eigenvalue weighted by atomic mass is 19.4. The zero-order valence-corrected chi connectivity index (χ0v) is 8.66. The third-order valence-electron chi connectivity index (χ3n) is 1.70. The van der Waals surface area contributed by atoms with Gasteiger partial charge in [-0.15, -0.1) is 0 Å². The Bertz CT molecular complexity index is 322. The number of aliphatic hydroxyl groups excluding tert-OH is 1. The monoisotopic (exact) mass is 235 g/mol. The van der Waals surface area contributed by atoms with E-state index in [2.05, 4.69) is 9.72 Å². The van der Waals surface area contributed by atoms with Gasteiger partial charge in [0.2, 0.25) is 0 Å². The first-order chi connectivity index (χ1) is 7.37. The maximum atomic E-state index is 11.8. The fourth-order valence-corrected chi connectivity index (χ4v) is 1.08. The maximum absolute atomic E-state index is 11.8. The standard InChI is InChI=1S/C10H12F3NO2/c1-7(15)4-8-2-3-9(5-14-8)16-6-10(11,12)13/h2-3,5,7,15H,4,6H2,1H3. The number of rotatable bonds is 4.